The van der Waals surface area contributed by atoms with Crippen molar-refractivity contribution in [2.75, 3.05) is 25.7 Å². The van der Waals surface area contributed by atoms with E-state index in [2.05, 4.69) is 4.98 Å². The number of rotatable bonds is 7. The molecule has 6 heteroatoms. The van der Waals surface area contributed by atoms with Crippen molar-refractivity contribution in [3.8, 4) is 0 Å². The molecule has 2 unspecified atom stereocenters. The van der Waals surface area contributed by atoms with Gasteiger partial charge in [0.15, 0.2) is 5.13 Å². The van der Waals surface area contributed by atoms with Gasteiger partial charge in [-0.25, -0.2) is 9.78 Å². The summed E-state index contributed by atoms with van der Waals surface area (Å²) in [6, 6.07) is 0.155. The van der Waals surface area contributed by atoms with Crippen LogP contribution in [0.5, 0.6) is 0 Å². The molecule has 19 heavy (non-hydrogen) atoms. The number of aromatic carboxylic acids is 1. The number of ether oxygens (including phenoxy) is 1. The Kier molecular flexibility index (Phi) is 5.75. The van der Waals surface area contributed by atoms with Gasteiger partial charge in [-0.3, -0.25) is 0 Å². The summed E-state index contributed by atoms with van der Waals surface area (Å²) < 4.78 is 5.12. The van der Waals surface area contributed by atoms with Gasteiger partial charge in [0.1, 0.15) is 4.88 Å². The summed E-state index contributed by atoms with van der Waals surface area (Å²) in [4.78, 5) is 18.1. The maximum Gasteiger partial charge on any atom is 0.347 e. The van der Waals surface area contributed by atoms with E-state index in [1.165, 1.54) is 11.3 Å². The molecule has 0 aliphatic rings. The van der Waals surface area contributed by atoms with Crippen LogP contribution in [0.2, 0.25) is 0 Å². The fourth-order valence-electron chi connectivity index (χ4n) is 1.69. The first-order chi connectivity index (χ1) is 8.92. The number of likely N-dealkylation sites (N-methyl/N-ethyl adjacent to an activating group) is 1. The van der Waals surface area contributed by atoms with Gasteiger partial charge in [-0.2, -0.15) is 0 Å². The number of thiazole rings is 1. The summed E-state index contributed by atoms with van der Waals surface area (Å²) >= 11 is 1.23. The summed E-state index contributed by atoms with van der Waals surface area (Å²) in [7, 11) is 3.56. The van der Waals surface area contributed by atoms with Crippen LogP contribution in [-0.4, -0.2) is 42.9 Å². The zero-order chi connectivity index (χ0) is 14.6. The van der Waals surface area contributed by atoms with Crippen molar-refractivity contribution in [1.29, 1.82) is 0 Å². The lowest BCUT2D eigenvalue weighted by Gasteiger charge is -2.23. The second-order valence-electron chi connectivity index (χ2n) is 4.74. The Labute approximate surface area is 118 Å². The predicted molar refractivity (Wildman–Crippen MR) is 77.5 cm³/mol. The predicted octanol–water partition coefficient (Wildman–Crippen LogP) is 2.83. The third-order valence-electron chi connectivity index (χ3n) is 3.29. The maximum absolute atomic E-state index is 11.3. The lowest BCUT2D eigenvalue weighted by Crippen LogP contribution is -2.32. The molecule has 0 saturated carbocycles. The van der Waals surface area contributed by atoms with E-state index in [0.717, 1.165) is 11.6 Å². The number of carboxylic acids is 1. The highest BCUT2D eigenvalue weighted by Crippen LogP contribution is 2.32. The number of nitrogens with zero attached hydrogens (tertiary/aromatic N) is 2. The molecule has 1 aromatic heterocycles. The summed E-state index contributed by atoms with van der Waals surface area (Å²) in [5.74, 6) is -0.742. The summed E-state index contributed by atoms with van der Waals surface area (Å²) in [6.07, 6.45) is 0.876. The van der Waals surface area contributed by atoms with E-state index >= 15 is 0 Å². The minimum atomic E-state index is -0.896. The molecule has 1 heterocycles. The third kappa shape index (κ3) is 3.67. The molecule has 0 spiro atoms. The lowest BCUT2D eigenvalue weighted by atomic mass is 10.0. The normalized spacial score (nSPS) is 14.2. The summed E-state index contributed by atoms with van der Waals surface area (Å²) in [5, 5.41) is 10.0. The fraction of sp³-hybridized carbons (Fsp3) is 0.692. The van der Waals surface area contributed by atoms with E-state index in [1.807, 2.05) is 32.7 Å². The zero-order valence-corrected chi connectivity index (χ0v) is 13.0. The third-order valence-corrected chi connectivity index (χ3v) is 4.44. The maximum atomic E-state index is 11.3. The number of hydrogen-bond acceptors (Lipinski definition) is 5. The number of aromatic nitrogens is 1. The molecule has 1 N–H and O–H groups in total. The average Bonchev–Trinajstić information content (AvgIpc) is 2.82. The van der Waals surface area contributed by atoms with Crippen molar-refractivity contribution in [3.05, 3.63) is 10.6 Å². The molecule has 0 aliphatic carbocycles. The van der Waals surface area contributed by atoms with Crippen molar-refractivity contribution in [3.63, 3.8) is 0 Å². The molecule has 1 rings (SSSR count). The van der Waals surface area contributed by atoms with Gasteiger partial charge < -0.3 is 14.7 Å². The van der Waals surface area contributed by atoms with E-state index in [9.17, 15) is 9.90 Å². The van der Waals surface area contributed by atoms with Crippen LogP contribution < -0.4 is 4.90 Å². The van der Waals surface area contributed by atoms with Gasteiger partial charge in [-0.05, 0) is 19.3 Å². The summed E-state index contributed by atoms with van der Waals surface area (Å²) in [5.41, 5.74) is 0.687. The standard InChI is InChI=1S/C13H22N2O3S/c1-6-8(2)10-11(12(16)17)19-13(14-10)15(4)9(3)7-18-5/h8-9H,6-7H2,1-5H3,(H,16,17). The number of methoxy groups -OCH3 is 1. The van der Waals surface area contributed by atoms with Crippen LogP contribution in [0.25, 0.3) is 0 Å². The Morgan fingerprint density at radius 3 is 2.63 bits per heavy atom. The largest absolute Gasteiger partial charge is 0.477 e. The lowest BCUT2D eigenvalue weighted by molar-refractivity contribution is 0.0700. The Bertz CT molecular complexity index is 434. The molecular weight excluding hydrogens is 264 g/mol. The van der Waals surface area contributed by atoms with Crippen LogP contribution in [0.15, 0.2) is 0 Å². The molecule has 0 radical (unpaired) electrons. The van der Waals surface area contributed by atoms with E-state index < -0.39 is 5.97 Å². The van der Waals surface area contributed by atoms with Crippen LogP contribution in [0.3, 0.4) is 0 Å². The highest BCUT2D eigenvalue weighted by Gasteiger charge is 2.23. The van der Waals surface area contributed by atoms with Crippen LogP contribution in [0.4, 0.5) is 5.13 Å². The van der Waals surface area contributed by atoms with Crippen LogP contribution in [-0.2, 0) is 4.74 Å². The fourth-order valence-corrected chi connectivity index (χ4v) is 2.78. The molecular formula is C13H22N2O3S. The number of carboxylic acid groups (broad SMARTS) is 1. The first-order valence-corrected chi connectivity index (χ1v) is 7.19. The van der Waals surface area contributed by atoms with Crippen molar-refractivity contribution in [2.24, 2.45) is 0 Å². The van der Waals surface area contributed by atoms with Crippen molar-refractivity contribution in [2.45, 2.75) is 39.2 Å². The topological polar surface area (TPSA) is 62.7 Å². The smallest absolute Gasteiger partial charge is 0.347 e. The van der Waals surface area contributed by atoms with Gasteiger partial charge in [0.2, 0.25) is 0 Å². The van der Waals surface area contributed by atoms with Gasteiger partial charge in [-0.15, -0.1) is 0 Å². The molecule has 5 nitrogen and oxygen atoms in total. The van der Waals surface area contributed by atoms with Crippen molar-refractivity contribution >= 4 is 22.4 Å². The van der Waals surface area contributed by atoms with Crippen molar-refractivity contribution < 1.29 is 14.6 Å². The SMILES string of the molecule is CCC(C)c1nc(N(C)C(C)COC)sc1C(=O)O. The van der Waals surface area contributed by atoms with Gasteiger partial charge in [0.05, 0.1) is 18.3 Å². The van der Waals surface area contributed by atoms with Gasteiger partial charge >= 0.3 is 5.97 Å². The van der Waals surface area contributed by atoms with E-state index in [1.54, 1.807) is 7.11 Å². The Morgan fingerprint density at radius 1 is 1.53 bits per heavy atom. The van der Waals surface area contributed by atoms with E-state index in [4.69, 9.17) is 4.74 Å². The second kappa shape index (κ2) is 6.86. The first kappa shape index (κ1) is 15.9. The molecule has 108 valence electrons. The van der Waals surface area contributed by atoms with E-state index in [0.29, 0.717) is 17.2 Å². The van der Waals surface area contributed by atoms with Crippen molar-refractivity contribution in [1.82, 2.24) is 4.98 Å². The minimum Gasteiger partial charge on any atom is -0.477 e. The van der Waals surface area contributed by atoms with Gasteiger partial charge in [0, 0.05) is 14.2 Å². The molecule has 1 aromatic rings. The summed E-state index contributed by atoms with van der Waals surface area (Å²) in [6.45, 7) is 6.64. The monoisotopic (exact) mass is 286 g/mol. The van der Waals surface area contributed by atoms with Crippen LogP contribution >= 0.6 is 11.3 Å². The Morgan fingerprint density at radius 2 is 2.16 bits per heavy atom. The first-order valence-electron chi connectivity index (χ1n) is 6.38. The molecule has 0 aromatic carbocycles. The molecule has 0 bridgehead atoms. The average molecular weight is 286 g/mol. The molecule has 0 aliphatic heterocycles. The minimum absolute atomic E-state index is 0.155. The molecule has 0 fully saturated rings. The molecule has 2 atom stereocenters. The molecule has 0 saturated heterocycles. The zero-order valence-electron chi connectivity index (χ0n) is 12.1. The van der Waals surface area contributed by atoms with Gasteiger partial charge in [0.25, 0.3) is 0 Å². The highest BCUT2D eigenvalue weighted by molar-refractivity contribution is 7.17. The Balaban J connectivity index is 3.07. The van der Waals surface area contributed by atoms with Crippen LogP contribution in [0, 0.1) is 0 Å². The number of carbonyl (C=O) groups is 1. The number of anilines is 1. The molecule has 0 amide bonds. The van der Waals surface area contributed by atoms with E-state index in [-0.39, 0.29) is 12.0 Å². The quantitative estimate of drug-likeness (QED) is 0.835. The highest BCUT2D eigenvalue weighted by atomic mass is 32.1. The Hall–Kier alpha value is -1.14. The number of hydrogen-bond donors (Lipinski definition) is 1. The van der Waals surface area contributed by atoms with Crippen LogP contribution in [0.1, 0.15) is 48.5 Å². The van der Waals surface area contributed by atoms with Gasteiger partial charge in [-0.1, -0.05) is 25.2 Å². The second-order valence-corrected chi connectivity index (χ2v) is 5.72.